The Morgan fingerprint density at radius 1 is 0.480 bits per heavy atom. The molecule has 9 amide bonds. The molecule has 0 radical (unpaired) electrons. The molecule has 0 aliphatic carbocycles. The van der Waals surface area contributed by atoms with Gasteiger partial charge in [0.15, 0.2) is 5.96 Å². The smallest absolute Gasteiger partial charge is 0.326 e. The summed E-state index contributed by atoms with van der Waals surface area (Å²) in [5.74, 6) is -9.95. The van der Waals surface area contributed by atoms with Crippen LogP contribution in [-0.4, -0.2) is 178 Å². The molecule has 0 spiro atoms. The summed E-state index contributed by atoms with van der Waals surface area (Å²) in [6.07, 6.45) is 4.85. The van der Waals surface area contributed by atoms with E-state index in [1.165, 1.54) is 56.2 Å². The Hall–Kier alpha value is -10.7. The molecule has 21 N–H and O–H groups in total. The normalized spacial score (nSPS) is 14.7. The lowest BCUT2D eigenvalue weighted by Crippen LogP contribution is -2.62. The van der Waals surface area contributed by atoms with E-state index in [4.69, 9.17) is 17.2 Å². The van der Waals surface area contributed by atoms with E-state index in [0.717, 1.165) is 5.56 Å². The third-order valence-corrected chi connectivity index (χ3v) is 16.2. The average molecular weight is 1390 g/mol. The first-order valence-corrected chi connectivity index (χ1v) is 33.3. The van der Waals surface area contributed by atoms with Gasteiger partial charge in [-0.1, -0.05) is 102 Å². The number of aromatic nitrogens is 5. The molecule has 6 aromatic rings. The molecule has 6 rings (SSSR count). The topological polar surface area (TPSA) is 503 Å². The van der Waals surface area contributed by atoms with Crippen molar-refractivity contribution in [2.75, 3.05) is 6.54 Å². The molecule has 0 saturated heterocycles. The number of imidazole rings is 2. The Kier molecular flexibility index (Phi) is 30.1. The first-order chi connectivity index (χ1) is 47.5. The molecule has 3 heterocycles. The fourth-order valence-electron chi connectivity index (χ4n) is 11.1. The number of carbonyl (C=O) groups excluding carboxylic acids is 9. The number of hydrogen-bond donors (Lipinski definition) is 18. The SMILES string of the molecule is CC(C)C[C@H](NC(=O)[C@H](CC(C)C)NC(=O)[C@H](Cc1cnc[nH]1)NC(=O)[C@H](Cc1ccc(O)cc1)NC(=O)[C@H](CCCN=C(N)N)NC(=O)[C@H](Cc1cnc[nH]1)NC(=O)[C@H](Cc1c[nH]c2ccccc12)NC(=O)[C@@H](NC(=O)[C@H](CC(C)C)NC(=O)[C@@H](N)Cc1ccccc1)[C@@H](C)O)C(=O)O. The number of hydrogen-bond acceptors (Lipinski definition) is 16. The van der Waals surface area contributed by atoms with Crippen molar-refractivity contribution in [1.29, 1.82) is 0 Å². The molecule has 0 saturated carbocycles. The third-order valence-electron chi connectivity index (χ3n) is 16.2. The number of aliphatic hydroxyl groups excluding tert-OH is 1. The minimum Gasteiger partial charge on any atom is -0.508 e. The van der Waals surface area contributed by atoms with Gasteiger partial charge in [0.25, 0.3) is 0 Å². The second-order valence-corrected chi connectivity index (χ2v) is 26.2. The first-order valence-electron chi connectivity index (χ1n) is 33.3. The van der Waals surface area contributed by atoms with Crippen LogP contribution in [0.4, 0.5) is 0 Å². The number of fused-ring (bicyclic) bond motifs is 1. The van der Waals surface area contributed by atoms with Crippen LogP contribution in [0.25, 0.3) is 10.9 Å². The zero-order valence-electron chi connectivity index (χ0n) is 57.3. The van der Waals surface area contributed by atoms with Crippen molar-refractivity contribution in [3.8, 4) is 5.75 Å². The molecule has 3 aromatic heterocycles. The van der Waals surface area contributed by atoms with Crippen molar-refractivity contribution >= 4 is 76.0 Å². The molecule has 0 bridgehead atoms. The highest BCUT2D eigenvalue weighted by Gasteiger charge is 2.38. The van der Waals surface area contributed by atoms with E-state index in [2.05, 4.69) is 77.8 Å². The number of aromatic amines is 3. The summed E-state index contributed by atoms with van der Waals surface area (Å²) in [5, 5.41) is 56.2. The predicted molar refractivity (Wildman–Crippen MR) is 371 cm³/mol. The summed E-state index contributed by atoms with van der Waals surface area (Å²) < 4.78 is 0. The Bertz CT molecular complexity index is 3690. The lowest BCUT2D eigenvalue weighted by atomic mass is 9.99. The lowest BCUT2D eigenvalue weighted by molar-refractivity contribution is -0.143. The molecule has 31 heteroatoms. The summed E-state index contributed by atoms with van der Waals surface area (Å²) >= 11 is 0. The monoisotopic (exact) mass is 1380 g/mol. The van der Waals surface area contributed by atoms with Crippen molar-refractivity contribution in [3.63, 3.8) is 0 Å². The highest BCUT2D eigenvalue weighted by Crippen LogP contribution is 2.21. The van der Waals surface area contributed by atoms with Crippen LogP contribution in [0.5, 0.6) is 5.75 Å². The summed E-state index contributed by atoms with van der Waals surface area (Å²) in [4.78, 5) is 164. The molecule has 31 nitrogen and oxygen atoms in total. The summed E-state index contributed by atoms with van der Waals surface area (Å²) in [6, 6.07) is 7.68. The number of benzene rings is 3. The number of guanidine groups is 1. The second-order valence-electron chi connectivity index (χ2n) is 26.2. The van der Waals surface area contributed by atoms with Gasteiger partial charge >= 0.3 is 5.97 Å². The number of para-hydroxylation sites is 1. The molecule has 0 aliphatic rings. The van der Waals surface area contributed by atoms with Crippen LogP contribution in [0.15, 0.2) is 115 Å². The minimum atomic E-state index is -1.72. The van der Waals surface area contributed by atoms with Crippen molar-refractivity contribution in [3.05, 3.63) is 138 Å². The number of nitrogens with zero attached hydrogens (tertiary/aromatic N) is 3. The van der Waals surface area contributed by atoms with Gasteiger partial charge in [0.2, 0.25) is 53.2 Å². The van der Waals surface area contributed by atoms with Crippen molar-refractivity contribution in [1.82, 2.24) is 72.8 Å². The molecule has 11 atom stereocenters. The standard InChI is InChI=1S/C69H96N18O13/c1-37(2)24-51(61(92)86-57(68(99)100)26-39(5)6)81-65(96)56(31-45-34-74-36-78-45)83-62(93)53(28-42-19-21-46(89)22-20-42)82-60(91)50(18-13-23-75-69(71)72)79-64(95)55(30-44-33-73-35-77-44)84-63(94)54(29-43-32-76-49-17-12-11-16-47(43)49)85-67(98)58(40(7)88)87-66(97)52(25-38(3)4)80-59(90)48(70)27-41-14-9-8-10-15-41/h8-12,14-17,19-22,32-40,48,50-58,76,88-89H,13,18,23-31,70H2,1-7H3,(H,73,77)(H,74,78)(H,79,95)(H,80,90)(H,81,96)(H,82,91)(H,83,93)(H,84,94)(H,85,98)(H,86,92)(H,87,97)(H,99,100)(H4,71,72,75)/t40-,48+,50+,51+,52+,53+,54+,55+,56+,57+,58+/m1/s1. The second kappa shape index (κ2) is 38.5. The number of aliphatic imine (C=N–C) groups is 1. The van der Waals surface area contributed by atoms with Gasteiger partial charge in [-0.3, -0.25) is 48.1 Å². The van der Waals surface area contributed by atoms with Gasteiger partial charge in [-0.2, -0.15) is 0 Å². The maximum Gasteiger partial charge on any atom is 0.326 e. The van der Waals surface area contributed by atoms with Gasteiger partial charge in [-0.05, 0) is 98.1 Å². The van der Waals surface area contributed by atoms with Crippen LogP contribution in [0.1, 0.15) is 109 Å². The Morgan fingerprint density at radius 2 is 0.910 bits per heavy atom. The number of aliphatic carboxylic acids is 1. The first kappa shape index (κ1) is 78.3. The Balaban J connectivity index is 1.30. The van der Waals surface area contributed by atoms with E-state index in [1.807, 2.05) is 32.0 Å². The third kappa shape index (κ3) is 25.3. The van der Waals surface area contributed by atoms with E-state index in [0.29, 0.717) is 33.4 Å². The van der Waals surface area contributed by atoms with E-state index >= 15 is 14.4 Å². The van der Waals surface area contributed by atoms with Crippen LogP contribution >= 0.6 is 0 Å². The number of rotatable bonds is 40. The van der Waals surface area contributed by atoms with Gasteiger partial charge in [0.05, 0.1) is 24.8 Å². The number of amides is 9. The number of nitrogens with two attached hydrogens (primary N) is 3. The number of carboxylic acids is 1. The summed E-state index contributed by atoms with van der Waals surface area (Å²) in [7, 11) is 0. The number of H-pyrrole nitrogens is 3. The van der Waals surface area contributed by atoms with Crippen molar-refractivity contribution in [2.45, 2.75) is 179 Å². The van der Waals surface area contributed by atoms with Crippen LogP contribution in [0.2, 0.25) is 0 Å². The maximum atomic E-state index is 15.1. The highest BCUT2D eigenvalue weighted by molar-refractivity contribution is 5.99. The minimum absolute atomic E-state index is 0.0400. The van der Waals surface area contributed by atoms with E-state index in [9.17, 15) is 48.9 Å². The molecule has 100 heavy (non-hydrogen) atoms. The largest absolute Gasteiger partial charge is 0.508 e. The molecular weight excluding hydrogens is 1290 g/mol. The lowest BCUT2D eigenvalue weighted by Gasteiger charge is -2.29. The Labute approximate surface area is 579 Å². The number of aliphatic hydroxyl groups is 1. The number of phenols is 1. The fraction of sp³-hybridized carbons (Fsp3) is 0.464. The van der Waals surface area contributed by atoms with E-state index in [1.54, 1.807) is 70.3 Å². The zero-order chi connectivity index (χ0) is 73.2. The maximum absolute atomic E-state index is 15.1. The molecule has 540 valence electrons. The average Bonchev–Trinajstić information content (AvgIpc) is 1.64. The quantitative estimate of drug-likeness (QED) is 0.0139. The van der Waals surface area contributed by atoms with Gasteiger partial charge in [-0.25, -0.2) is 14.8 Å². The number of aromatic hydroxyl groups is 1. The number of carboxylic acid groups (broad SMARTS) is 1. The van der Waals surface area contributed by atoms with Crippen LogP contribution in [0, 0.1) is 17.8 Å². The van der Waals surface area contributed by atoms with Crippen LogP contribution in [-0.2, 0) is 80.0 Å². The van der Waals surface area contributed by atoms with Gasteiger partial charge in [0, 0.05) is 73.1 Å². The summed E-state index contributed by atoms with van der Waals surface area (Å²) in [5.41, 5.74) is 20.8. The molecule has 3 aromatic carbocycles. The fourth-order valence-corrected chi connectivity index (χ4v) is 11.1. The number of carbonyl (C=O) groups is 10. The van der Waals surface area contributed by atoms with E-state index in [-0.39, 0.29) is 100 Å². The molecular formula is C69H96N18O13. The zero-order valence-corrected chi connectivity index (χ0v) is 57.3. The summed E-state index contributed by atoms with van der Waals surface area (Å²) in [6.45, 7) is 12.1. The highest BCUT2D eigenvalue weighted by atomic mass is 16.4. The molecule has 0 fully saturated rings. The Morgan fingerprint density at radius 3 is 1.42 bits per heavy atom. The molecule has 0 aliphatic heterocycles. The molecule has 0 unspecified atom stereocenters. The van der Waals surface area contributed by atoms with Crippen LogP contribution < -0.4 is 65.1 Å². The van der Waals surface area contributed by atoms with E-state index < -0.39 is 126 Å². The van der Waals surface area contributed by atoms with Gasteiger partial charge in [0.1, 0.15) is 60.1 Å². The van der Waals surface area contributed by atoms with Gasteiger partial charge < -0.3 is 95.3 Å². The van der Waals surface area contributed by atoms with Crippen molar-refractivity contribution < 1.29 is 63.3 Å². The number of phenolic OH excluding ortho intramolecular Hbond substituents is 1. The van der Waals surface area contributed by atoms with Crippen molar-refractivity contribution in [2.24, 2.45) is 39.9 Å². The predicted octanol–water partition coefficient (Wildman–Crippen LogP) is 0.181. The number of nitrogens with one attached hydrogen (secondary N) is 12. The van der Waals surface area contributed by atoms with Gasteiger partial charge in [-0.15, -0.1) is 0 Å². The van der Waals surface area contributed by atoms with Crippen LogP contribution in [0.3, 0.4) is 0 Å².